The third-order valence-electron chi connectivity index (χ3n) is 5.96. The van der Waals surface area contributed by atoms with E-state index in [2.05, 4.69) is 20.7 Å². The van der Waals surface area contributed by atoms with E-state index >= 15 is 0 Å². The Balaban J connectivity index is 1.40. The standard InChI is InChI=1S/C26H23Cl2N5O/c27-19-13-11-18(12-14-19)22-16-23(20-8-4-5-9-21(20)28)33-26(29-22)31-25(32-33)30-24(34)15-10-17-6-2-1-3-7-17/h1-9,11-14,22-23H,10,15-16H2,(H2,29,30,31,32,34)/t22-,23-/m0/s1. The summed E-state index contributed by atoms with van der Waals surface area (Å²) in [6, 6.07) is 25.3. The molecular formula is C26H23Cl2N5O. The third kappa shape index (κ3) is 4.93. The molecule has 1 aromatic heterocycles. The van der Waals surface area contributed by atoms with Crippen molar-refractivity contribution in [3.8, 4) is 0 Å². The molecule has 0 aliphatic carbocycles. The monoisotopic (exact) mass is 491 g/mol. The first-order chi connectivity index (χ1) is 16.6. The van der Waals surface area contributed by atoms with Crippen LogP contribution < -0.4 is 10.6 Å². The zero-order chi connectivity index (χ0) is 23.5. The maximum atomic E-state index is 12.6. The molecule has 172 valence electrons. The van der Waals surface area contributed by atoms with Crippen molar-refractivity contribution in [2.24, 2.45) is 0 Å². The van der Waals surface area contributed by atoms with Gasteiger partial charge in [0.15, 0.2) is 0 Å². The minimum absolute atomic E-state index is 0.0168. The number of nitrogens with one attached hydrogen (secondary N) is 2. The smallest absolute Gasteiger partial charge is 0.250 e. The van der Waals surface area contributed by atoms with Crippen LogP contribution in [-0.2, 0) is 11.2 Å². The largest absolute Gasteiger partial charge is 0.347 e. The Kier molecular flexibility index (Phi) is 6.52. The fraction of sp³-hybridized carbons (Fsp3) is 0.192. The molecule has 1 aliphatic rings. The van der Waals surface area contributed by atoms with Crippen LogP contribution in [0.1, 0.15) is 41.6 Å². The molecule has 0 spiro atoms. The highest BCUT2D eigenvalue weighted by atomic mass is 35.5. The molecule has 1 aliphatic heterocycles. The van der Waals surface area contributed by atoms with Gasteiger partial charge in [-0.3, -0.25) is 10.1 Å². The SMILES string of the molecule is O=C(CCc1ccccc1)Nc1nc2n(n1)[C@H](c1ccccc1Cl)C[C@@H](c1ccc(Cl)cc1)N2. The summed E-state index contributed by atoms with van der Waals surface area (Å²) in [6.45, 7) is 0. The minimum atomic E-state index is -0.145. The lowest BCUT2D eigenvalue weighted by atomic mass is 9.93. The summed E-state index contributed by atoms with van der Waals surface area (Å²) in [6.07, 6.45) is 1.71. The van der Waals surface area contributed by atoms with Crippen LogP contribution in [0.15, 0.2) is 78.9 Å². The minimum Gasteiger partial charge on any atom is -0.347 e. The highest BCUT2D eigenvalue weighted by Crippen LogP contribution is 2.40. The highest BCUT2D eigenvalue weighted by molar-refractivity contribution is 6.31. The van der Waals surface area contributed by atoms with E-state index in [0.29, 0.717) is 35.3 Å². The van der Waals surface area contributed by atoms with Gasteiger partial charge in [0.2, 0.25) is 11.9 Å². The number of carbonyl (C=O) groups excluding carboxylic acids is 1. The first-order valence-electron chi connectivity index (χ1n) is 11.1. The van der Waals surface area contributed by atoms with Gasteiger partial charge in [0.05, 0.1) is 12.1 Å². The Morgan fingerprint density at radius 3 is 2.50 bits per heavy atom. The third-order valence-corrected chi connectivity index (χ3v) is 6.56. The molecule has 2 atom stereocenters. The van der Waals surface area contributed by atoms with Crippen molar-refractivity contribution < 1.29 is 4.79 Å². The first kappa shape index (κ1) is 22.4. The lowest BCUT2D eigenvalue weighted by Crippen LogP contribution is -2.28. The van der Waals surface area contributed by atoms with E-state index < -0.39 is 0 Å². The van der Waals surface area contributed by atoms with Gasteiger partial charge in [-0.15, -0.1) is 5.10 Å². The van der Waals surface area contributed by atoms with Crippen molar-refractivity contribution in [3.05, 3.63) is 106 Å². The van der Waals surface area contributed by atoms with Crippen LogP contribution in [0.3, 0.4) is 0 Å². The number of hydrogen-bond donors (Lipinski definition) is 2. The fourth-order valence-electron chi connectivity index (χ4n) is 4.24. The van der Waals surface area contributed by atoms with Gasteiger partial charge in [-0.05, 0) is 47.7 Å². The summed E-state index contributed by atoms with van der Waals surface area (Å²) < 4.78 is 1.81. The van der Waals surface area contributed by atoms with Crippen LogP contribution in [0.2, 0.25) is 10.0 Å². The summed E-state index contributed by atoms with van der Waals surface area (Å²) in [5, 5.41) is 12.3. The Labute approximate surface area is 207 Å². The zero-order valence-electron chi connectivity index (χ0n) is 18.3. The Bertz CT molecular complexity index is 1290. The summed E-state index contributed by atoms with van der Waals surface area (Å²) in [5.74, 6) is 0.721. The quantitative estimate of drug-likeness (QED) is 0.331. The maximum absolute atomic E-state index is 12.6. The Morgan fingerprint density at radius 2 is 1.74 bits per heavy atom. The number of amides is 1. The van der Waals surface area contributed by atoms with Crippen molar-refractivity contribution in [1.82, 2.24) is 14.8 Å². The molecule has 5 rings (SSSR count). The second kappa shape index (κ2) is 9.87. The first-order valence-corrected chi connectivity index (χ1v) is 11.9. The lowest BCUT2D eigenvalue weighted by Gasteiger charge is -2.32. The van der Waals surface area contributed by atoms with E-state index in [4.69, 9.17) is 23.2 Å². The number of carbonyl (C=O) groups is 1. The van der Waals surface area contributed by atoms with Crippen molar-refractivity contribution >= 4 is 41.0 Å². The molecule has 34 heavy (non-hydrogen) atoms. The zero-order valence-corrected chi connectivity index (χ0v) is 19.8. The van der Waals surface area contributed by atoms with Crippen molar-refractivity contribution in [1.29, 1.82) is 0 Å². The van der Waals surface area contributed by atoms with E-state index in [9.17, 15) is 4.79 Å². The van der Waals surface area contributed by atoms with Crippen molar-refractivity contribution in [2.45, 2.75) is 31.3 Å². The summed E-state index contributed by atoms with van der Waals surface area (Å²) >= 11 is 12.6. The average Bonchev–Trinajstić information content (AvgIpc) is 3.26. The number of aryl methyl sites for hydroxylation is 1. The maximum Gasteiger partial charge on any atom is 0.250 e. The highest BCUT2D eigenvalue weighted by Gasteiger charge is 2.32. The van der Waals surface area contributed by atoms with Crippen molar-refractivity contribution in [2.75, 3.05) is 10.6 Å². The molecule has 2 N–H and O–H groups in total. The second-order valence-corrected chi connectivity index (χ2v) is 9.10. The average molecular weight is 492 g/mol. The van der Waals surface area contributed by atoms with Gasteiger partial charge >= 0.3 is 0 Å². The molecule has 3 aromatic carbocycles. The number of rotatable bonds is 6. The number of hydrogen-bond acceptors (Lipinski definition) is 4. The Hall–Kier alpha value is -3.35. The van der Waals surface area contributed by atoms with Gasteiger partial charge in [0.1, 0.15) is 0 Å². The number of benzene rings is 3. The van der Waals surface area contributed by atoms with Crippen LogP contribution in [0.4, 0.5) is 11.9 Å². The number of anilines is 2. The van der Waals surface area contributed by atoms with Crippen LogP contribution in [-0.4, -0.2) is 20.7 Å². The molecular weight excluding hydrogens is 469 g/mol. The lowest BCUT2D eigenvalue weighted by molar-refractivity contribution is -0.116. The van der Waals surface area contributed by atoms with E-state index in [1.807, 2.05) is 78.9 Å². The van der Waals surface area contributed by atoms with Gasteiger partial charge in [0, 0.05) is 16.5 Å². The fourth-order valence-corrected chi connectivity index (χ4v) is 4.63. The van der Waals surface area contributed by atoms with Crippen LogP contribution in [0, 0.1) is 0 Å². The predicted molar refractivity (Wildman–Crippen MR) is 135 cm³/mol. The van der Waals surface area contributed by atoms with Gasteiger partial charge in [0.25, 0.3) is 5.95 Å². The summed E-state index contributed by atoms with van der Waals surface area (Å²) in [7, 11) is 0. The molecule has 8 heteroatoms. The number of nitrogens with zero attached hydrogens (tertiary/aromatic N) is 3. The van der Waals surface area contributed by atoms with E-state index in [0.717, 1.165) is 16.7 Å². The molecule has 2 heterocycles. The van der Waals surface area contributed by atoms with Gasteiger partial charge in [-0.25, -0.2) is 4.68 Å². The normalized spacial score (nSPS) is 17.0. The topological polar surface area (TPSA) is 71.8 Å². The number of halogens is 2. The molecule has 0 saturated heterocycles. The molecule has 6 nitrogen and oxygen atoms in total. The molecule has 0 bridgehead atoms. The molecule has 0 radical (unpaired) electrons. The van der Waals surface area contributed by atoms with E-state index in [1.165, 1.54) is 0 Å². The summed E-state index contributed by atoms with van der Waals surface area (Å²) in [5.41, 5.74) is 3.16. The summed E-state index contributed by atoms with van der Waals surface area (Å²) in [4.78, 5) is 17.2. The number of fused-ring (bicyclic) bond motifs is 1. The van der Waals surface area contributed by atoms with E-state index in [1.54, 1.807) is 4.68 Å². The van der Waals surface area contributed by atoms with Gasteiger partial charge in [-0.1, -0.05) is 83.9 Å². The molecule has 4 aromatic rings. The molecule has 1 amide bonds. The predicted octanol–water partition coefficient (Wildman–Crippen LogP) is 6.30. The van der Waals surface area contributed by atoms with E-state index in [-0.39, 0.29) is 23.9 Å². The van der Waals surface area contributed by atoms with Crippen molar-refractivity contribution in [3.63, 3.8) is 0 Å². The van der Waals surface area contributed by atoms with Gasteiger partial charge in [-0.2, -0.15) is 4.98 Å². The van der Waals surface area contributed by atoms with Crippen LogP contribution in [0.25, 0.3) is 0 Å². The molecule has 0 fully saturated rings. The second-order valence-electron chi connectivity index (χ2n) is 8.26. The molecule has 0 unspecified atom stereocenters. The Morgan fingerprint density at radius 1 is 1.00 bits per heavy atom. The number of aromatic nitrogens is 3. The molecule has 0 saturated carbocycles. The van der Waals surface area contributed by atoms with Crippen LogP contribution >= 0.6 is 23.2 Å². The van der Waals surface area contributed by atoms with Crippen LogP contribution in [0.5, 0.6) is 0 Å². The van der Waals surface area contributed by atoms with Gasteiger partial charge < -0.3 is 5.32 Å².